The predicted octanol–water partition coefficient (Wildman–Crippen LogP) is 0.290. The van der Waals surface area contributed by atoms with Gasteiger partial charge in [-0.3, -0.25) is 9.59 Å². The quantitative estimate of drug-likeness (QED) is 0.740. The molecule has 0 radical (unpaired) electrons. The van der Waals surface area contributed by atoms with Gasteiger partial charge in [-0.15, -0.1) is 0 Å². The number of aromatic nitrogens is 1. The number of β-amino-alcohol motifs (C(OH)–C–C–N with tert-alkyl or cyclic N) is 1. The molecule has 24 heavy (non-hydrogen) atoms. The molecule has 130 valence electrons. The van der Waals surface area contributed by atoms with Gasteiger partial charge < -0.3 is 20.6 Å². The van der Waals surface area contributed by atoms with Gasteiger partial charge in [0.2, 0.25) is 11.8 Å². The van der Waals surface area contributed by atoms with Gasteiger partial charge in [0, 0.05) is 25.8 Å². The number of nitrogens with one attached hydrogen (secondary N) is 2. The van der Waals surface area contributed by atoms with Gasteiger partial charge in [-0.1, -0.05) is 6.07 Å². The number of pyridine rings is 1. The van der Waals surface area contributed by atoms with Crippen LogP contribution in [0.2, 0.25) is 0 Å². The first kappa shape index (κ1) is 16.9. The number of piperidine rings is 1. The van der Waals surface area contributed by atoms with Crippen molar-refractivity contribution >= 4 is 17.6 Å². The first-order valence-corrected chi connectivity index (χ1v) is 8.46. The third-order valence-electron chi connectivity index (χ3n) is 4.67. The van der Waals surface area contributed by atoms with Gasteiger partial charge in [-0.05, 0) is 37.8 Å². The Morgan fingerprint density at radius 1 is 1.42 bits per heavy atom. The van der Waals surface area contributed by atoms with Gasteiger partial charge in [-0.2, -0.15) is 0 Å². The zero-order chi connectivity index (χ0) is 17.1. The normalized spacial score (nSPS) is 27.1. The number of aliphatic hydroxyl groups is 1. The molecule has 2 fully saturated rings. The van der Waals surface area contributed by atoms with E-state index in [0.717, 1.165) is 18.4 Å². The molecule has 3 atom stereocenters. The molecule has 2 aliphatic rings. The van der Waals surface area contributed by atoms with E-state index in [4.69, 9.17) is 0 Å². The van der Waals surface area contributed by atoms with E-state index in [1.54, 1.807) is 17.2 Å². The Labute approximate surface area is 141 Å². The van der Waals surface area contributed by atoms with Crippen molar-refractivity contribution in [3.05, 3.63) is 23.9 Å². The summed E-state index contributed by atoms with van der Waals surface area (Å²) < 4.78 is 0. The Bertz CT molecular complexity index is 604. The van der Waals surface area contributed by atoms with E-state index in [-0.39, 0.29) is 23.8 Å². The Kier molecular flexibility index (Phi) is 5.11. The second-order valence-corrected chi connectivity index (χ2v) is 6.68. The largest absolute Gasteiger partial charge is 0.392 e. The smallest absolute Gasteiger partial charge is 0.239 e. The molecule has 3 N–H and O–H groups in total. The van der Waals surface area contributed by atoms with E-state index in [9.17, 15) is 14.7 Å². The summed E-state index contributed by atoms with van der Waals surface area (Å²) in [5.41, 5.74) is 1.04. The molecule has 0 aromatic carbocycles. The Morgan fingerprint density at radius 3 is 2.92 bits per heavy atom. The number of carbonyl (C=O) groups excluding carboxylic acids is 2. The van der Waals surface area contributed by atoms with Gasteiger partial charge in [0.25, 0.3) is 0 Å². The standard InChI is InChI=1S/C17H24N4O3/c1-11-4-5-15(19-8-11)20-16(23)12-3-2-6-21(10-12)17(24)14-7-13(22)9-18-14/h4-5,8,12-14,18,22H,2-3,6-7,9-10H2,1H3,(H,19,20,23). The van der Waals surface area contributed by atoms with Crippen LogP contribution < -0.4 is 10.6 Å². The SMILES string of the molecule is Cc1ccc(NC(=O)C2CCCN(C(=O)C3CC(O)CN3)C2)nc1. The number of aliphatic hydroxyl groups excluding tert-OH is 1. The second kappa shape index (κ2) is 7.27. The highest BCUT2D eigenvalue weighted by atomic mass is 16.3. The Balaban J connectivity index is 1.57. The summed E-state index contributed by atoms with van der Waals surface area (Å²) in [6, 6.07) is 3.35. The number of carbonyl (C=O) groups is 2. The summed E-state index contributed by atoms with van der Waals surface area (Å²) in [6.45, 7) is 3.48. The minimum Gasteiger partial charge on any atom is -0.392 e. The fourth-order valence-corrected chi connectivity index (χ4v) is 3.29. The third kappa shape index (κ3) is 3.91. The summed E-state index contributed by atoms with van der Waals surface area (Å²) >= 11 is 0. The van der Waals surface area contributed by atoms with E-state index in [1.807, 2.05) is 13.0 Å². The zero-order valence-corrected chi connectivity index (χ0v) is 13.9. The summed E-state index contributed by atoms with van der Waals surface area (Å²) in [5.74, 6) is 0.201. The number of likely N-dealkylation sites (tertiary alicyclic amines) is 1. The van der Waals surface area contributed by atoms with Crippen molar-refractivity contribution in [1.29, 1.82) is 0 Å². The molecular weight excluding hydrogens is 308 g/mol. The third-order valence-corrected chi connectivity index (χ3v) is 4.67. The molecule has 2 aliphatic heterocycles. The monoisotopic (exact) mass is 332 g/mol. The molecule has 1 aromatic rings. The molecular formula is C17H24N4O3. The summed E-state index contributed by atoms with van der Waals surface area (Å²) in [4.78, 5) is 30.9. The van der Waals surface area contributed by atoms with Crippen LogP contribution in [0.4, 0.5) is 5.82 Å². The minimum atomic E-state index is -0.463. The highest BCUT2D eigenvalue weighted by Gasteiger charge is 2.35. The average Bonchev–Trinajstić information content (AvgIpc) is 3.03. The zero-order valence-electron chi connectivity index (χ0n) is 13.9. The van der Waals surface area contributed by atoms with E-state index in [2.05, 4.69) is 15.6 Å². The van der Waals surface area contributed by atoms with Gasteiger partial charge in [0.15, 0.2) is 0 Å². The van der Waals surface area contributed by atoms with E-state index >= 15 is 0 Å². The summed E-state index contributed by atoms with van der Waals surface area (Å²) in [7, 11) is 0. The lowest BCUT2D eigenvalue weighted by molar-refractivity contribution is -0.136. The van der Waals surface area contributed by atoms with Crippen molar-refractivity contribution in [2.24, 2.45) is 5.92 Å². The van der Waals surface area contributed by atoms with E-state index < -0.39 is 6.10 Å². The highest BCUT2D eigenvalue weighted by molar-refractivity contribution is 5.92. The first-order valence-electron chi connectivity index (χ1n) is 8.46. The van der Waals surface area contributed by atoms with Crippen molar-refractivity contribution < 1.29 is 14.7 Å². The number of nitrogens with zero attached hydrogens (tertiary/aromatic N) is 2. The number of hydrogen-bond acceptors (Lipinski definition) is 5. The molecule has 1 aromatic heterocycles. The van der Waals surface area contributed by atoms with Crippen molar-refractivity contribution in [3.63, 3.8) is 0 Å². The molecule has 0 bridgehead atoms. The first-order chi connectivity index (χ1) is 11.5. The van der Waals surface area contributed by atoms with Crippen LogP contribution in [0, 0.1) is 12.8 Å². The number of anilines is 1. The highest BCUT2D eigenvalue weighted by Crippen LogP contribution is 2.20. The minimum absolute atomic E-state index is 0.0162. The maximum atomic E-state index is 12.5. The van der Waals surface area contributed by atoms with Crippen LogP contribution >= 0.6 is 0 Å². The van der Waals surface area contributed by atoms with Crippen molar-refractivity contribution in [3.8, 4) is 0 Å². The predicted molar refractivity (Wildman–Crippen MR) is 89.3 cm³/mol. The summed E-state index contributed by atoms with van der Waals surface area (Å²) in [6.07, 6.45) is 3.27. The molecule has 3 rings (SSSR count). The van der Waals surface area contributed by atoms with Crippen LogP contribution in [-0.2, 0) is 9.59 Å². The van der Waals surface area contributed by atoms with Crippen molar-refractivity contribution in [2.75, 3.05) is 25.0 Å². The molecule has 7 nitrogen and oxygen atoms in total. The number of amides is 2. The lowest BCUT2D eigenvalue weighted by atomic mass is 9.96. The lowest BCUT2D eigenvalue weighted by Gasteiger charge is -2.33. The molecule has 2 saturated heterocycles. The summed E-state index contributed by atoms with van der Waals surface area (Å²) in [5, 5.41) is 15.4. The van der Waals surface area contributed by atoms with Crippen LogP contribution in [0.3, 0.4) is 0 Å². The van der Waals surface area contributed by atoms with Crippen LogP contribution in [0.25, 0.3) is 0 Å². The Hall–Kier alpha value is -1.99. The lowest BCUT2D eigenvalue weighted by Crippen LogP contribution is -2.49. The maximum Gasteiger partial charge on any atom is 0.239 e. The van der Waals surface area contributed by atoms with Gasteiger partial charge >= 0.3 is 0 Å². The maximum absolute atomic E-state index is 12.5. The average molecular weight is 332 g/mol. The van der Waals surface area contributed by atoms with Crippen LogP contribution in [0.5, 0.6) is 0 Å². The molecule has 0 spiro atoms. The van der Waals surface area contributed by atoms with Crippen LogP contribution in [-0.4, -0.2) is 58.6 Å². The van der Waals surface area contributed by atoms with Crippen LogP contribution in [0.1, 0.15) is 24.8 Å². The second-order valence-electron chi connectivity index (χ2n) is 6.68. The number of rotatable bonds is 3. The fourth-order valence-electron chi connectivity index (χ4n) is 3.29. The van der Waals surface area contributed by atoms with Crippen LogP contribution in [0.15, 0.2) is 18.3 Å². The molecule has 0 saturated carbocycles. The number of hydrogen-bond donors (Lipinski definition) is 3. The molecule has 3 unspecified atom stereocenters. The number of aryl methyl sites for hydroxylation is 1. The van der Waals surface area contributed by atoms with Crippen molar-refractivity contribution in [1.82, 2.24) is 15.2 Å². The van der Waals surface area contributed by atoms with Gasteiger partial charge in [0.1, 0.15) is 5.82 Å². The van der Waals surface area contributed by atoms with E-state index in [0.29, 0.717) is 31.9 Å². The molecule has 3 heterocycles. The van der Waals surface area contributed by atoms with Gasteiger partial charge in [0.05, 0.1) is 18.1 Å². The van der Waals surface area contributed by atoms with E-state index in [1.165, 1.54) is 0 Å². The Morgan fingerprint density at radius 2 is 2.25 bits per heavy atom. The molecule has 0 aliphatic carbocycles. The topological polar surface area (TPSA) is 94.6 Å². The van der Waals surface area contributed by atoms with Gasteiger partial charge in [-0.25, -0.2) is 4.98 Å². The molecule has 7 heteroatoms. The fraction of sp³-hybridized carbons (Fsp3) is 0.588. The van der Waals surface area contributed by atoms with Crippen molar-refractivity contribution in [2.45, 2.75) is 38.3 Å². The molecule has 2 amide bonds.